The number of halogens is 3. The molecule has 0 radical (unpaired) electrons. The van der Waals surface area contributed by atoms with E-state index in [9.17, 15) is 18.0 Å². The van der Waals surface area contributed by atoms with E-state index >= 15 is 0 Å². The second kappa shape index (κ2) is 6.15. The van der Waals surface area contributed by atoms with E-state index in [4.69, 9.17) is 0 Å². The molecule has 2 aliphatic heterocycles. The number of aliphatic imine (C=N–C) groups is 1. The van der Waals surface area contributed by atoms with Gasteiger partial charge in [0.15, 0.2) is 0 Å². The summed E-state index contributed by atoms with van der Waals surface area (Å²) in [6.07, 6.45) is -1.37. The number of carbonyl (C=O) groups is 1. The van der Waals surface area contributed by atoms with Crippen molar-refractivity contribution in [3.63, 3.8) is 0 Å². The molecule has 0 N–H and O–H groups in total. The van der Waals surface area contributed by atoms with Crippen LogP contribution in [0.4, 0.5) is 13.2 Å². The topological polar surface area (TPSA) is 45.0 Å². The molecule has 3 aliphatic rings. The van der Waals surface area contributed by atoms with Crippen LogP contribution in [-0.4, -0.2) is 54.8 Å². The summed E-state index contributed by atoms with van der Waals surface area (Å²) in [5, 5.41) is 4.28. The number of likely N-dealkylation sites (tertiary alicyclic amines) is 1. The van der Waals surface area contributed by atoms with Gasteiger partial charge in [0.25, 0.3) is 11.7 Å². The van der Waals surface area contributed by atoms with E-state index in [1.165, 1.54) is 6.07 Å². The Labute approximate surface area is 155 Å². The number of fused-ring (bicyclic) bond motifs is 1. The van der Waals surface area contributed by atoms with Gasteiger partial charge < -0.3 is 4.90 Å². The van der Waals surface area contributed by atoms with E-state index < -0.39 is 11.7 Å². The summed E-state index contributed by atoms with van der Waals surface area (Å²) < 4.78 is 40.1. The zero-order valence-electron chi connectivity index (χ0n) is 15.3. The highest BCUT2D eigenvalue weighted by Crippen LogP contribution is 2.48. The highest BCUT2D eigenvalue weighted by Gasteiger charge is 2.46. The number of benzene rings is 1. The van der Waals surface area contributed by atoms with Gasteiger partial charge in [0.1, 0.15) is 0 Å². The predicted molar refractivity (Wildman–Crippen MR) is 95.0 cm³/mol. The first-order valence-electron chi connectivity index (χ1n) is 9.08. The van der Waals surface area contributed by atoms with Crippen LogP contribution in [0.5, 0.6) is 0 Å². The predicted octanol–water partition coefficient (Wildman–Crippen LogP) is 3.09. The molecule has 2 fully saturated rings. The van der Waals surface area contributed by atoms with Crippen LogP contribution in [0, 0.1) is 11.8 Å². The number of amides is 1. The molecular weight excluding hydrogens is 357 g/mol. The number of alkyl halides is 3. The Balaban J connectivity index is 1.45. The number of hydrogen-bond donors (Lipinski definition) is 0. The van der Waals surface area contributed by atoms with Crippen LogP contribution < -0.4 is 0 Å². The summed E-state index contributed by atoms with van der Waals surface area (Å²) in [4.78, 5) is 18.5. The summed E-state index contributed by atoms with van der Waals surface area (Å²) in [5.41, 5.74) is -0.140. The molecule has 27 heavy (non-hydrogen) atoms. The van der Waals surface area contributed by atoms with E-state index in [0.717, 1.165) is 6.07 Å². The van der Waals surface area contributed by atoms with Crippen LogP contribution in [-0.2, 0) is 11.0 Å². The molecule has 3 atom stereocenters. The average molecular weight is 379 g/mol. The third-order valence-electron chi connectivity index (χ3n) is 5.75. The molecule has 1 aromatic carbocycles. The maximum Gasteiger partial charge on any atom is 0.416 e. The first kappa shape index (κ1) is 18.2. The molecule has 1 saturated carbocycles. The van der Waals surface area contributed by atoms with Gasteiger partial charge in [-0.05, 0) is 42.2 Å². The van der Waals surface area contributed by atoms with Gasteiger partial charge in [-0.15, -0.1) is 0 Å². The Morgan fingerprint density at radius 1 is 1.15 bits per heavy atom. The molecule has 1 aromatic rings. The van der Waals surface area contributed by atoms with Crippen molar-refractivity contribution in [2.45, 2.75) is 24.9 Å². The lowest BCUT2D eigenvalue weighted by molar-refractivity contribution is -0.796. The second-order valence-electron chi connectivity index (χ2n) is 8.13. The van der Waals surface area contributed by atoms with Crippen molar-refractivity contribution in [3.05, 3.63) is 35.4 Å². The van der Waals surface area contributed by atoms with Crippen LogP contribution in [0.2, 0.25) is 0 Å². The van der Waals surface area contributed by atoms with Gasteiger partial charge in [-0.2, -0.15) is 22.8 Å². The first-order chi connectivity index (χ1) is 12.6. The summed E-state index contributed by atoms with van der Waals surface area (Å²) in [6, 6.07) is 5.87. The van der Waals surface area contributed by atoms with E-state index in [1.807, 2.05) is 14.1 Å². The highest BCUT2D eigenvalue weighted by molar-refractivity contribution is 6.39. The van der Waals surface area contributed by atoms with Crippen molar-refractivity contribution in [1.82, 2.24) is 4.90 Å². The van der Waals surface area contributed by atoms with Gasteiger partial charge in [-0.3, -0.25) is 4.79 Å². The molecule has 0 unspecified atom stereocenters. The largest absolute Gasteiger partial charge is 0.416 e. The molecule has 1 saturated heterocycles. The molecule has 0 bridgehead atoms. The van der Waals surface area contributed by atoms with Crippen molar-refractivity contribution in [3.8, 4) is 0 Å². The molecular formula is C19H22F3N4O+. The Morgan fingerprint density at radius 3 is 2.33 bits per heavy atom. The Bertz CT molecular complexity index is 816. The quantitative estimate of drug-likeness (QED) is 0.729. The zero-order chi connectivity index (χ0) is 19.4. The van der Waals surface area contributed by atoms with Gasteiger partial charge in [0, 0.05) is 13.1 Å². The minimum absolute atomic E-state index is 0.104. The lowest BCUT2D eigenvalue weighted by atomic mass is 9.91. The van der Waals surface area contributed by atoms with Crippen LogP contribution in [0.1, 0.15) is 29.9 Å². The number of carbonyl (C=O) groups excluding carboxylic acids is 1. The lowest BCUT2D eigenvalue weighted by Crippen LogP contribution is -2.35. The lowest BCUT2D eigenvalue weighted by Gasteiger charge is -2.21. The van der Waals surface area contributed by atoms with Crippen molar-refractivity contribution in [1.29, 1.82) is 0 Å². The number of hydrogen-bond acceptors (Lipinski definition) is 3. The van der Waals surface area contributed by atoms with Crippen LogP contribution >= 0.6 is 0 Å². The van der Waals surface area contributed by atoms with Gasteiger partial charge in [-0.1, -0.05) is 23.3 Å². The molecule has 1 amide bonds. The second-order valence-corrected chi connectivity index (χ2v) is 8.13. The summed E-state index contributed by atoms with van der Waals surface area (Å²) in [6.45, 7) is 1.13. The number of amidine groups is 1. The fraction of sp³-hybridized carbons (Fsp3) is 0.526. The van der Waals surface area contributed by atoms with Crippen molar-refractivity contribution >= 4 is 18.1 Å². The molecule has 1 aliphatic carbocycles. The third kappa shape index (κ3) is 3.38. The monoisotopic (exact) mass is 379 g/mol. The van der Waals surface area contributed by atoms with Gasteiger partial charge in [0.2, 0.25) is 6.34 Å². The zero-order valence-corrected chi connectivity index (χ0v) is 15.3. The van der Waals surface area contributed by atoms with E-state index in [0.29, 0.717) is 31.5 Å². The molecule has 0 spiro atoms. The normalized spacial score (nSPS) is 29.1. The average Bonchev–Trinajstić information content (AvgIpc) is 3.25. The fourth-order valence-corrected chi connectivity index (χ4v) is 4.56. The maximum atomic E-state index is 13.3. The van der Waals surface area contributed by atoms with Crippen LogP contribution in [0.3, 0.4) is 0 Å². The molecule has 2 heterocycles. The van der Waals surface area contributed by atoms with Gasteiger partial charge >= 0.3 is 6.18 Å². The Morgan fingerprint density at radius 2 is 1.78 bits per heavy atom. The Kier molecular flexibility index (Phi) is 4.14. The first-order valence-corrected chi connectivity index (χ1v) is 9.08. The summed E-state index contributed by atoms with van der Waals surface area (Å²) >= 11 is 0. The van der Waals surface area contributed by atoms with E-state index in [-0.39, 0.29) is 34.1 Å². The third-order valence-corrected chi connectivity index (χ3v) is 5.75. The minimum Gasteiger partial charge on any atom is -0.335 e. The molecule has 144 valence electrons. The smallest absolute Gasteiger partial charge is 0.335 e. The Hall–Kier alpha value is -2.22. The molecule has 8 heteroatoms. The maximum absolute atomic E-state index is 13.3. The van der Waals surface area contributed by atoms with Crippen molar-refractivity contribution in [2.24, 2.45) is 21.9 Å². The summed E-state index contributed by atoms with van der Waals surface area (Å²) in [7, 11) is 3.65. The summed E-state index contributed by atoms with van der Waals surface area (Å²) in [5.74, 6) is 0.380. The number of nitrogens with zero attached hydrogens (tertiary/aromatic N) is 4. The van der Waals surface area contributed by atoms with Gasteiger partial charge in [-0.25, -0.2) is 0 Å². The van der Waals surface area contributed by atoms with Gasteiger partial charge in [0.05, 0.1) is 19.7 Å². The van der Waals surface area contributed by atoms with Crippen LogP contribution in [0.15, 0.2) is 34.4 Å². The molecule has 0 aromatic heterocycles. The van der Waals surface area contributed by atoms with Crippen LogP contribution in [0.25, 0.3) is 0 Å². The van der Waals surface area contributed by atoms with Crippen molar-refractivity contribution in [2.75, 3.05) is 27.2 Å². The van der Waals surface area contributed by atoms with E-state index in [1.54, 1.807) is 23.4 Å². The van der Waals surface area contributed by atoms with E-state index in [2.05, 4.69) is 10.1 Å². The number of quaternary nitrogens is 1. The minimum atomic E-state index is -4.33. The molecule has 4 rings (SSSR count). The highest BCUT2D eigenvalue weighted by atomic mass is 19.4. The standard InChI is InChI=1S/C19H22F3N4O/c1-26(2)11-23-17(24-26)18(27)25-9-13-7-12(8-14(13)10-25)15-5-3-4-6-16(15)19(20,21)22/h3-6,11-14H,7-10H2,1-2H3/q+1/t12-,13-,14+. The fourth-order valence-electron chi connectivity index (χ4n) is 4.56. The SMILES string of the molecule is C[N+]1(C)C=NC(C(=O)N2C[C@H]3C[C@@H](c4ccccc4C(F)(F)F)C[C@H]3C2)=N1. The molecule has 5 nitrogen and oxygen atoms in total. The number of rotatable bonds is 2. The van der Waals surface area contributed by atoms with Crippen molar-refractivity contribution < 1.29 is 22.6 Å².